The Hall–Kier alpha value is -1.05. The van der Waals surface area contributed by atoms with E-state index < -0.39 is 0 Å². The summed E-state index contributed by atoms with van der Waals surface area (Å²) in [6.45, 7) is 0. The Labute approximate surface area is 107 Å². The van der Waals surface area contributed by atoms with Crippen LogP contribution < -0.4 is 0 Å². The van der Waals surface area contributed by atoms with Gasteiger partial charge in [-0.3, -0.25) is 4.79 Å². The van der Waals surface area contributed by atoms with Crippen molar-refractivity contribution < 1.29 is 4.79 Å². The molecule has 18 heavy (non-hydrogen) atoms. The summed E-state index contributed by atoms with van der Waals surface area (Å²) in [6.07, 6.45) is 9.63. The molecule has 0 saturated heterocycles. The molecule has 4 aliphatic carbocycles. The number of ketones is 1. The normalized spacial score (nSPS) is 44.0. The highest BCUT2D eigenvalue weighted by Crippen LogP contribution is 2.71. The van der Waals surface area contributed by atoms with Crippen LogP contribution in [-0.4, -0.2) is 10.4 Å². The lowest BCUT2D eigenvalue weighted by Gasteiger charge is -2.17. The molecule has 2 bridgehead atoms. The van der Waals surface area contributed by atoms with Crippen molar-refractivity contribution in [3.05, 3.63) is 23.5 Å². The molecule has 1 heterocycles. The Morgan fingerprint density at radius 3 is 2.67 bits per heavy atom. The van der Waals surface area contributed by atoms with Gasteiger partial charge < -0.3 is 4.57 Å². The number of fused-ring (bicyclic) bond motifs is 6. The molecular formula is C16H19NO. The minimum absolute atomic E-state index is 0.379. The van der Waals surface area contributed by atoms with Crippen molar-refractivity contribution >= 4 is 5.78 Å². The lowest BCUT2D eigenvalue weighted by Crippen LogP contribution is -2.14. The van der Waals surface area contributed by atoms with Crippen molar-refractivity contribution in [1.29, 1.82) is 0 Å². The molecule has 3 fully saturated rings. The van der Waals surface area contributed by atoms with Crippen molar-refractivity contribution in [2.24, 2.45) is 23.7 Å². The van der Waals surface area contributed by atoms with Crippen LogP contribution in [0.25, 0.3) is 0 Å². The van der Waals surface area contributed by atoms with Crippen LogP contribution in [0.3, 0.4) is 0 Å². The first-order chi connectivity index (χ1) is 8.84. The van der Waals surface area contributed by atoms with Crippen molar-refractivity contribution in [3.63, 3.8) is 0 Å². The van der Waals surface area contributed by atoms with E-state index in [9.17, 15) is 4.79 Å². The highest BCUT2D eigenvalue weighted by molar-refractivity contribution is 5.98. The quantitative estimate of drug-likeness (QED) is 0.740. The highest BCUT2D eigenvalue weighted by Gasteiger charge is 2.65. The van der Waals surface area contributed by atoms with Crippen LogP contribution in [0.2, 0.25) is 0 Å². The van der Waals surface area contributed by atoms with E-state index in [1.807, 2.05) is 0 Å². The second-order valence-corrected chi connectivity index (χ2v) is 6.84. The predicted molar refractivity (Wildman–Crippen MR) is 68.5 cm³/mol. The molecule has 4 unspecified atom stereocenters. The molecule has 2 heteroatoms. The molecule has 1 aromatic rings. The first-order valence-electron chi connectivity index (χ1n) is 7.57. The van der Waals surface area contributed by atoms with Gasteiger partial charge in [0.15, 0.2) is 5.78 Å². The van der Waals surface area contributed by atoms with Gasteiger partial charge >= 0.3 is 0 Å². The van der Waals surface area contributed by atoms with E-state index in [-0.39, 0.29) is 0 Å². The van der Waals surface area contributed by atoms with E-state index in [0.717, 1.165) is 54.5 Å². The van der Waals surface area contributed by atoms with Crippen LogP contribution in [0.4, 0.5) is 0 Å². The largest absolute Gasteiger partial charge is 0.347 e. The van der Waals surface area contributed by atoms with Crippen LogP contribution in [-0.2, 0) is 6.42 Å². The molecule has 5 rings (SSSR count). The first kappa shape index (κ1) is 9.82. The third-order valence-corrected chi connectivity index (χ3v) is 6.16. The molecule has 2 nitrogen and oxygen atoms in total. The van der Waals surface area contributed by atoms with E-state index in [4.69, 9.17) is 0 Å². The molecule has 4 aliphatic rings. The van der Waals surface area contributed by atoms with Gasteiger partial charge in [-0.2, -0.15) is 0 Å². The molecule has 1 aromatic heterocycles. The number of hydrogen-bond donors (Lipinski definition) is 0. The summed E-state index contributed by atoms with van der Waals surface area (Å²) >= 11 is 0. The van der Waals surface area contributed by atoms with Gasteiger partial charge in [0.25, 0.3) is 0 Å². The topological polar surface area (TPSA) is 22.0 Å². The number of hydrogen-bond acceptors (Lipinski definition) is 1. The summed E-state index contributed by atoms with van der Waals surface area (Å²) in [5, 5.41) is 0. The van der Waals surface area contributed by atoms with Gasteiger partial charge in [0.05, 0.1) is 0 Å². The standard InChI is InChI=1S/C16H19NO/c18-13-3-1-2-12-11(13)6-7-17(12)16-14-9-4-5-10(8-9)15(14)16/h6-7,9-10,14-16H,1-5,8H2. The first-order valence-corrected chi connectivity index (χ1v) is 7.57. The monoisotopic (exact) mass is 241 g/mol. The van der Waals surface area contributed by atoms with E-state index in [1.54, 1.807) is 0 Å². The highest BCUT2D eigenvalue weighted by atomic mass is 16.1. The second kappa shape index (κ2) is 3.09. The number of carbonyl (C=O) groups excluding carboxylic acids is 1. The fourth-order valence-corrected chi connectivity index (χ4v) is 5.48. The number of Topliss-reactive ketones (excluding diaryl/α,β-unsaturated/α-hetero) is 1. The molecule has 0 amide bonds. The Kier molecular flexibility index (Phi) is 1.69. The van der Waals surface area contributed by atoms with E-state index in [1.165, 1.54) is 25.0 Å². The molecular weight excluding hydrogens is 222 g/mol. The van der Waals surface area contributed by atoms with Gasteiger partial charge in [-0.1, -0.05) is 0 Å². The zero-order valence-electron chi connectivity index (χ0n) is 10.6. The number of carbonyl (C=O) groups is 1. The summed E-state index contributed by atoms with van der Waals surface area (Å²) in [7, 11) is 0. The van der Waals surface area contributed by atoms with Crippen LogP contribution in [0, 0.1) is 23.7 Å². The summed E-state index contributed by atoms with van der Waals surface area (Å²) in [5.41, 5.74) is 2.41. The molecule has 0 spiro atoms. The second-order valence-electron chi connectivity index (χ2n) is 6.84. The average molecular weight is 241 g/mol. The predicted octanol–water partition coefficient (Wildman–Crippen LogP) is 3.22. The molecule has 0 aromatic carbocycles. The molecule has 0 N–H and O–H groups in total. The molecule has 0 aliphatic heterocycles. The van der Waals surface area contributed by atoms with Crippen molar-refractivity contribution in [2.45, 2.75) is 44.6 Å². The molecule has 0 radical (unpaired) electrons. The Balaban J connectivity index is 1.54. The SMILES string of the molecule is O=C1CCCc2c1ccn2C1C2C3CCC(C3)C21. The summed E-state index contributed by atoms with van der Waals surface area (Å²) in [6, 6.07) is 2.86. The molecule has 94 valence electrons. The maximum absolute atomic E-state index is 11.9. The summed E-state index contributed by atoms with van der Waals surface area (Å²) < 4.78 is 2.51. The maximum atomic E-state index is 11.9. The Bertz CT molecular complexity index is 527. The van der Waals surface area contributed by atoms with Gasteiger partial charge in [-0.15, -0.1) is 0 Å². The Morgan fingerprint density at radius 2 is 1.89 bits per heavy atom. The smallest absolute Gasteiger partial charge is 0.164 e. The van der Waals surface area contributed by atoms with Crippen molar-refractivity contribution in [1.82, 2.24) is 4.57 Å². The zero-order valence-corrected chi connectivity index (χ0v) is 10.6. The fourth-order valence-electron chi connectivity index (χ4n) is 5.48. The lowest BCUT2D eigenvalue weighted by molar-refractivity contribution is 0.0971. The van der Waals surface area contributed by atoms with Gasteiger partial charge in [-0.25, -0.2) is 0 Å². The van der Waals surface area contributed by atoms with E-state index in [0.29, 0.717) is 5.78 Å². The average Bonchev–Trinajstić information content (AvgIpc) is 2.78. The van der Waals surface area contributed by atoms with Crippen LogP contribution in [0.5, 0.6) is 0 Å². The third kappa shape index (κ3) is 1.04. The van der Waals surface area contributed by atoms with Gasteiger partial charge in [-0.05, 0) is 61.8 Å². The third-order valence-electron chi connectivity index (χ3n) is 6.16. The fraction of sp³-hybridized carbons (Fsp3) is 0.688. The number of rotatable bonds is 1. The van der Waals surface area contributed by atoms with Gasteiger partial charge in [0, 0.05) is 29.9 Å². The van der Waals surface area contributed by atoms with Crippen LogP contribution in [0.15, 0.2) is 12.3 Å². The minimum atomic E-state index is 0.379. The minimum Gasteiger partial charge on any atom is -0.347 e. The summed E-state index contributed by atoms with van der Waals surface area (Å²) in [4.78, 5) is 11.9. The lowest BCUT2D eigenvalue weighted by atomic mass is 9.96. The van der Waals surface area contributed by atoms with Crippen LogP contribution in [0.1, 0.15) is 54.2 Å². The molecule has 3 saturated carbocycles. The van der Waals surface area contributed by atoms with Gasteiger partial charge in [0.2, 0.25) is 0 Å². The zero-order chi connectivity index (χ0) is 11.9. The van der Waals surface area contributed by atoms with Crippen molar-refractivity contribution in [2.75, 3.05) is 0 Å². The van der Waals surface area contributed by atoms with Crippen LogP contribution >= 0.6 is 0 Å². The Morgan fingerprint density at radius 1 is 1.11 bits per heavy atom. The van der Waals surface area contributed by atoms with E-state index >= 15 is 0 Å². The van der Waals surface area contributed by atoms with E-state index in [2.05, 4.69) is 16.8 Å². The van der Waals surface area contributed by atoms with Crippen molar-refractivity contribution in [3.8, 4) is 0 Å². The van der Waals surface area contributed by atoms with Gasteiger partial charge in [0.1, 0.15) is 0 Å². The number of aromatic nitrogens is 1. The number of nitrogens with zero attached hydrogens (tertiary/aromatic N) is 1. The molecule has 4 atom stereocenters. The summed E-state index contributed by atoms with van der Waals surface area (Å²) in [5.74, 6) is 4.35. The maximum Gasteiger partial charge on any atom is 0.164 e.